The summed E-state index contributed by atoms with van der Waals surface area (Å²) in [4.78, 5) is 10.3. The molecule has 1 aromatic carbocycles. The summed E-state index contributed by atoms with van der Waals surface area (Å²) >= 11 is 0. The Morgan fingerprint density at radius 1 is 1.47 bits per heavy atom. The number of rotatable bonds is 6. The molecule has 94 valence electrons. The summed E-state index contributed by atoms with van der Waals surface area (Å²) in [6, 6.07) is 3.56. The summed E-state index contributed by atoms with van der Waals surface area (Å²) < 4.78 is 13.0. The number of nitro benzene ring substituents is 1. The summed E-state index contributed by atoms with van der Waals surface area (Å²) in [5.41, 5.74) is 0.420. The van der Waals surface area contributed by atoms with Crippen molar-refractivity contribution >= 4 is 5.69 Å². The minimum Gasteiger partial charge on any atom is -0.316 e. The number of nitrogens with zero attached hydrogens (tertiary/aromatic N) is 1. The molecule has 0 aliphatic carbocycles. The molecule has 5 heteroatoms. The number of benzene rings is 1. The van der Waals surface area contributed by atoms with Gasteiger partial charge in [0.25, 0.3) is 5.69 Å². The molecular weight excluding hydrogens is 223 g/mol. The molecule has 1 rings (SSSR count). The fourth-order valence-electron chi connectivity index (χ4n) is 1.55. The lowest BCUT2D eigenvalue weighted by molar-refractivity contribution is -0.385. The highest BCUT2D eigenvalue weighted by molar-refractivity contribution is 5.40. The minimum absolute atomic E-state index is 0.0160. The van der Waals surface area contributed by atoms with Crippen LogP contribution in [0.4, 0.5) is 10.1 Å². The Balaban J connectivity index is 2.62. The van der Waals surface area contributed by atoms with E-state index < -0.39 is 10.7 Å². The Morgan fingerprint density at radius 3 is 2.76 bits per heavy atom. The molecule has 0 bridgehead atoms. The van der Waals surface area contributed by atoms with E-state index in [2.05, 4.69) is 19.2 Å². The molecule has 0 amide bonds. The molecule has 1 aromatic rings. The summed E-state index contributed by atoms with van der Waals surface area (Å²) in [7, 11) is 0. The van der Waals surface area contributed by atoms with Crippen LogP contribution in [0.3, 0.4) is 0 Å². The van der Waals surface area contributed by atoms with Gasteiger partial charge < -0.3 is 5.32 Å². The highest BCUT2D eigenvalue weighted by Crippen LogP contribution is 2.19. The van der Waals surface area contributed by atoms with E-state index in [1.165, 1.54) is 12.1 Å². The van der Waals surface area contributed by atoms with Gasteiger partial charge >= 0.3 is 0 Å². The van der Waals surface area contributed by atoms with Gasteiger partial charge in [0.15, 0.2) is 0 Å². The maximum absolute atomic E-state index is 13.0. The molecule has 0 fully saturated rings. The molecule has 0 saturated heterocycles. The molecule has 0 aromatic heterocycles. The summed E-state index contributed by atoms with van der Waals surface area (Å²) in [5.74, 6) is 0.0898. The van der Waals surface area contributed by atoms with E-state index in [0.29, 0.717) is 24.4 Å². The number of hydrogen-bond donors (Lipinski definition) is 1. The van der Waals surface area contributed by atoms with Gasteiger partial charge in [-0.25, -0.2) is 4.39 Å². The zero-order valence-corrected chi connectivity index (χ0v) is 10.1. The molecule has 0 aliphatic rings. The summed E-state index contributed by atoms with van der Waals surface area (Å²) in [5, 5.41) is 13.9. The van der Waals surface area contributed by atoms with Crippen molar-refractivity contribution < 1.29 is 9.31 Å². The Labute approximate surface area is 100.0 Å². The van der Waals surface area contributed by atoms with Crippen molar-refractivity contribution in [3.63, 3.8) is 0 Å². The second-order valence-electron chi connectivity index (χ2n) is 4.38. The third-order valence-electron chi connectivity index (χ3n) is 2.36. The Hall–Kier alpha value is -1.49. The highest BCUT2D eigenvalue weighted by atomic mass is 19.1. The fourth-order valence-corrected chi connectivity index (χ4v) is 1.55. The molecule has 17 heavy (non-hydrogen) atoms. The minimum atomic E-state index is -0.475. The average Bonchev–Trinajstić information content (AvgIpc) is 2.23. The third-order valence-corrected chi connectivity index (χ3v) is 2.36. The topological polar surface area (TPSA) is 55.2 Å². The molecule has 1 N–H and O–H groups in total. The zero-order valence-electron chi connectivity index (χ0n) is 10.1. The third kappa shape index (κ3) is 4.48. The van der Waals surface area contributed by atoms with Crippen LogP contribution in [0, 0.1) is 21.8 Å². The Bertz CT molecular complexity index is 394. The van der Waals surface area contributed by atoms with Gasteiger partial charge in [-0.1, -0.05) is 13.8 Å². The first-order valence-electron chi connectivity index (χ1n) is 5.64. The van der Waals surface area contributed by atoms with Crippen LogP contribution in [0.15, 0.2) is 18.2 Å². The maximum atomic E-state index is 13.0. The second-order valence-corrected chi connectivity index (χ2v) is 4.38. The normalized spacial score (nSPS) is 10.8. The van der Waals surface area contributed by atoms with Gasteiger partial charge in [0.05, 0.1) is 4.92 Å². The second kappa shape index (κ2) is 6.30. The van der Waals surface area contributed by atoms with Gasteiger partial charge in [-0.15, -0.1) is 0 Å². The van der Waals surface area contributed by atoms with Gasteiger partial charge in [-0.05, 0) is 37.6 Å². The first kappa shape index (κ1) is 13.6. The Morgan fingerprint density at radius 2 is 2.18 bits per heavy atom. The molecule has 0 spiro atoms. The highest BCUT2D eigenvalue weighted by Gasteiger charge is 2.13. The van der Waals surface area contributed by atoms with E-state index in [0.717, 1.165) is 12.6 Å². The average molecular weight is 240 g/mol. The standard InChI is InChI=1S/C12H17FN2O2/c1-9(2)8-14-6-5-10-7-11(13)3-4-12(10)15(16)17/h3-4,7,9,14H,5-6,8H2,1-2H3. The summed E-state index contributed by atoms with van der Waals surface area (Å²) in [6.45, 7) is 5.63. The van der Waals surface area contributed by atoms with Gasteiger partial charge in [0, 0.05) is 11.6 Å². The van der Waals surface area contributed by atoms with Crippen molar-refractivity contribution in [1.82, 2.24) is 5.32 Å². The molecule has 0 unspecified atom stereocenters. The van der Waals surface area contributed by atoms with E-state index in [-0.39, 0.29) is 5.69 Å². The molecule has 4 nitrogen and oxygen atoms in total. The smallest absolute Gasteiger partial charge is 0.272 e. The molecule has 0 aliphatic heterocycles. The van der Waals surface area contributed by atoms with E-state index in [4.69, 9.17) is 0 Å². The van der Waals surface area contributed by atoms with Gasteiger partial charge in [-0.2, -0.15) is 0 Å². The van der Waals surface area contributed by atoms with Crippen LogP contribution in [-0.4, -0.2) is 18.0 Å². The van der Waals surface area contributed by atoms with E-state index >= 15 is 0 Å². The van der Waals surface area contributed by atoms with E-state index in [1.807, 2.05) is 0 Å². The predicted molar refractivity (Wildman–Crippen MR) is 64.5 cm³/mol. The SMILES string of the molecule is CC(C)CNCCc1cc(F)ccc1[N+](=O)[O-]. The number of halogens is 1. The lowest BCUT2D eigenvalue weighted by atomic mass is 10.1. The number of nitro groups is 1. The quantitative estimate of drug-likeness (QED) is 0.472. The van der Waals surface area contributed by atoms with Crippen LogP contribution in [0.5, 0.6) is 0 Å². The predicted octanol–water partition coefficient (Wildman–Crippen LogP) is 2.52. The molecule has 0 atom stereocenters. The first-order chi connectivity index (χ1) is 8.00. The van der Waals surface area contributed by atoms with Crippen molar-refractivity contribution in [2.45, 2.75) is 20.3 Å². The zero-order chi connectivity index (χ0) is 12.8. The first-order valence-corrected chi connectivity index (χ1v) is 5.64. The van der Waals surface area contributed by atoms with Crippen LogP contribution < -0.4 is 5.32 Å². The van der Waals surface area contributed by atoms with Gasteiger partial charge in [0.2, 0.25) is 0 Å². The lowest BCUT2D eigenvalue weighted by Crippen LogP contribution is -2.22. The van der Waals surface area contributed by atoms with Gasteiger partial charge in [0.1, 0.15) is 5.82 Å². The molecule has 0 saturated carbocycles. The van der Waals surface area contributed by atoms with E-state index in [9.17, 15) is 14.5 Å². The van der Waals surface area contributed by atoms with Gasteiger partial charge in [-0.3, -0.25) is 10.1 Å². The van der Waals surface area contributed by atoms with Crippen LogP contribution in [-0.2, 0) is 6.42 Å². The van der Waals surface area contributed by atoms with Crippen molar-refractivity contribution in [2.24, 2.45) is 5.92 Å². The van der Waals surface area contributed by atoms with Crippen LogP contribution >= 0.6 is 0 Å². The maximum Gasteiger partial charge on any atom is 0.272 e. The van der Waals surface area contributed by atoms with Crippen molar-refractivity contribution in [3.8, 4) is 0 Å². The largest absolute Gasteiger partial charge is 0.316 e. The molecule has 0 radical (unpaired) electrons. The molecular formula is C12H17FN2O2. The number of nitrogens with one attached hydrogen (secondary N) is 1. The molecule has 0 heterocycles. The van der Waals surface area contributed by atoms with Crippen molar-refractivity contribution in [1.29, 1.82) is 0 Å². The van der Waals surface area contributed by atoms with Crippen molar-refractivity contribution in [3.05, 3.63) is 39.7 Å². The lowest BCUT2D eigenvalue weighted by Gasteiger charge is -2.07. The van der Waals surface area contributed by atoms with Crippen LogP contribution in [0.2, 0.25) is 0 Å². The monoisotopic (exact) mass is 240 g/mol. The Kier molecular flexibility index (Phi) is 5.03. The van der Waals surface area contributed by atoms with E-state index in [1.54, 1.807) is 0 Å². The van der Waals surface area contributed by atoms with Crippen LogP contribution in [0.1, 0.15) is 19.4 Å². The van der Waals surface area contributed by atoms with Crippen molar-refractivity contribution in [2.75, 3.05) is 13.1 Å². The van der Waals surface area contributed by atoms with Crippen LogP contribution in [0.25, 0.3) is 0 Å². The fraction of sp³-hybridized carbons (Fsp3) is 0.500. The number of hydrogen-bond acceptors (Lipinski definition) is 3. The summed E-state index contributed by atoms with van der Waals surface area (Å²) in [6.07, 6.45) is 0.459.